The Labute approximate surface area is 417 Å². The number of carbonyl (C=O) groups is 2. The van der Waals surface area contributed by atoms with E-state index in [-0.39, 0.29) is 18.5 Å². The van der Waals surface area contributed by atoms with Crippen LogP contribution in [0.1, 0.15) is 316 Å². The van der Waals surface area contributed by atoms with Gasteiger partial charge in [0.2, 0.25) is 5.91 Å². The number of hydrogen-bond donors (Lipinski definition) is 3. The summed E-state index contributed by atoms with van der Waals surface area (Å²) < 4.78 is 5.47. The molecule has 0 aromatic rings. The lowest BCUT2D eigenvalue weighted by atomic mass is 10.0. The summed E-state index contributed by atoms with van der Waals surface area (Å²) >= 11 is 0. The topological polar surface area (TPSA) is 95.9 Å². The van der Waals surface area contributed by atoms with Crippen molar-refractivity contribution in [2.75, 3.05) is 13.2 Å². The number of nitrogens with one attached hydrogen (secondary N) is 1. The summed E-state index contributed by atoms with van der Waals surface area (Å²) in [5.41, 5.74) is 0. The highest BCUT2D eigenvalue weighted by Gasteiger charge is 2.18. The molecule has 0 radical (unpaired) electrons. The van der Waals surface area contributed by atoms with Crippen LogP contribution in [-0.4, -0.2) is 47.4 Å². The average Bonchev–Trinajstić information content (AvgIpc) is 3.33. The van der Waals surface area contributed by atoms with Gasteiger partial charge in [0.25, 0.3) is 0 Å². The first-order valence-corrected chi connectivity index (χ1v) is 29.8. The van der Waals surface area contributed by atoms with E-state index in [4.69, 9.17) is 4.74 Å². The molecule has 0 saturated heterocycles. The average molecular weight is 943 g/mol. The first kappa shape index (κ1) is 65.1. The van der Waals surface area contributed by atoms with Crippen molar-refractivity contribution in [3.05, 3.63) is 36.5 Å². The zero-order valence-corrected chi connectivity index (χ0v) is 44.9. The number of aliphatic hydroxyl groups excluding tert-OH is 2. The Hall–Kier alpha value is -1.92. The van der Waals surface area contributed by atoms with Crippen molar-refractivity contribution in [3.63, 3.8) is 0 Å². The highest BCUT2D eigenvalue weighted by atomic mass is 16.5. The summed E-state index contributed by atoms with van der Waals surface area (Å²) in [6.45, 7) is 4.88. The smallest absolute Gasteiger partial charge is 0.305 e. The Morgan fingerprint density at radius 2 is 0.746 bits per heavy atom. The molecule has 0 aliphatic heterocycles. The standard InChI is InChI=1S/C61H115NO5/c1-3-5-7-9-11-13-15-17-19-21-22-23-25-29-33-37-41-45-49-53-59(64)58(57-63)62-60(65)54-50-46-42-38-34-30-26-24-28-32-36-40-44-48-52-56-67-61(66)55-51-47-43-39-35-31-27-20-18-16-14-12-10-8-6-4-2/h14,16,20,27,49,53,58-59,63-64H,3-13,15,17-19,21-26,28-48,50-52,54-57H2,1-2H3,(H,62,65)/b16-14-,27-20-,53-49+. The molecule has 6 nitrogen and oxygen atoms in total. The zero-order valence-electron chi connectivity index (χ0n) is 44.9. The van der Waals surface area contributed by atoms with Crippen molar-refractivity contribution in [2.24, 2.45) is 0 Å². The molecule has 0 aromatic heterocycles. The van der Waals surface area contributed by atoms with E-state index in [2.05, 4.69) is 43.5 Å². The summed E-state index contributed by atoms with van der Waals surface area (Å²) in [6, 6.07) is -0.636. The van der Waals surface area contributed by atoms with Crippen LogP contribution in [-0.2, 0) is 14.3 Å². The molecule has 0 fully saturated rings. The third-order valence-electron chi connectivity index (χ3n) is 13.7. The second-order valence-corrected chi connectivity index (χ2v) is 20.3. The van der Waals surface area contributed by atoms with E-state index in [0.717, 1.165) is 64.2 Å². The summed E-state index contributed by atoms with van der Waals surface area (Å²) in [6.07, 6.45) is 70.2. The molecule has 0 rings (SSSR count). The van der Waals surface area contributed by atoms with Crippen LogP contribution in [0, 0.1) is 0 Å². The second-order valence-electron chi connectivity index (χ2n) is 20.3. The Bertz CT molecular complexity index is 1090. The van der Waals surface area contributed by atoms with Crippen molar-refractivity contribution in [1.29, 1.82) is 0 Å². The van der Waals surface area contributed by atoms with Gasteiger partial charge in [-0.15, -0.1) is 0 Å². The predicted octanol–water partition coefficient (Wildman–Crippen LogP) is 18.4. The van der Waals surface area contributed by atoms with Gasteiger partial charge in [0.05, 0.1) is 25.4 Å². The minimum atomic E-state index is -0.852. The molecule has 2 unspecified atom stereocenters. The SMILES string of the molecule is CCCCCC/C=C\C/C=C\CCCCCCCC(=O)OCCCCCCCCCCCCCCCCCC(=O)NC(CO)C(O)/C=C/CCCCCCCCCCCCCCCCCCC. The zero-order chi connectivity index (χ0) is 48.6. The van der Waals surface area contributed by atoms with E-state index in [1.54, 1.807) is 6.08 Å². The fourth-order valence-electron chi connectivity index (χ4n) is 9.08. The number of hydrogen-bond acceptors (Lipinski definition) is 5. The van der Waals surface area contributed by atoms with Crippen molar-refractivity contribution in [2.45, 2.75) is 328 Å². The summed E-state index contributed by atoms with van der Waals surface area (Å²) in [7, 11) is 0. The van der Waals surface area contributed by atoms with Gasteiger partial charge in [0, 0.05) is 12.8 Å². The number of esters is 1. The maximum absolute atomic E-state index is 12.5. The molecule has 0 saturated carbocycles. The van der Waals surface area contributed by atoms with Crippen LogP contribution in [0.15, 0.2) is 36.5 Å². The van der Waals surface area contributed by atoms with Crippen LogP contribution in [0.5, 0.6) is 0 Å². The third kappa shape index (κ3) is 53.3. The maximum Gasteiger partial charge on any atom is 0.305 e. The number of rotatable bonds is 55. The molecule has 67 heavy (non-hydrogen) atoms. The molecule has 0 aliphatic rings. The van der Waals surface area contributed by atoms with Crippen LogP contribution in [0.3, 0.4) is 0 Å². The Kier molecular flexibility index (Phi) is 55.0. The summed E-state index contributed by atoms with van der Waals surface area (Å²) in [4.78, 5) is 24.5. The first-order chi connectivity index (χ1) is 33.0. The van der Waals surface area contributed by atoms with Crippen LogP contribution in [0.25, 0.3) is 0 Å². The number of aliphatic hydroxyl groups is 2. The fourth-order valence-corrected chi connectivity index (χ4v) is 9.08. The predicted molar refractivity (Wildman–Crippen MR) is 292 cm³/mol. The van der Waals surface area contributed by atoms with E-state index < -0.39 is 12.1 Å². The normalized spacial score (nSPS) is 12.8. The monoisotopic (exact) mass is 942 g/mol. The molecule has 0 bridgehead atoms. The van der Waals surface area contributed by atoms with Crippen LogP contribution >= 0.6 is 0 Å². The van der Waals surface area contributed by atoms with Gasteiger partial charge in [0.1, 0.15) is 0 Å². The maximum atomic E-state index is 12.5. The molecule has 0 spiro atoms. The highest BCUT2D eigenvalue weighted by Crippen LogP contribution is 2.17. The Morgan fingerprint density at radius 1 is 0.418 bits per heavy atom. The van der Waals surface area contributed by atoms with E-state index in [9.17, 15) is 19.8 Å². The van der Waals surface area contributed by atoms with Gasteiger partial charge < -0.3 is 20.3 Å². The summed E-state index contributed by atoms with van der Waals surface area (Å²) in [5, 5.41) is 23.2. The van der Waals surface area contributed by atoms with Crippen LogP contribution in [0.4, 0.5) is 0 Å². The van der Waals surface area contributed by atoms with Crippen molar-refractivity contribution < 1.29 is 24.5 Å². The van der Waals surface area contributed by atoms with E-state index in [1.165, 1.54) is 225 Å². The van der Waals surface area contributed by atoms with Crippen molar-refractivity contribution >= 4 is 11.9 Å². The highest BCUT2D eigenvalue weighted by molar-refractivity contribution is 5.76. The quantitative estimate of drug-likeness (QED) is 0.0321. The molecular weight excluding hydrogens is 827 g/mol. The van der Waals surface area contributed by atoms with Gasteiger partial charge in [-0.3, -0.25) is 9.59 Å². The minimum Gasteiger partial charge on any atom is -0.466 e. The number of carbonyl (C=O) groups excluding carboxylic acids is 2. The largest absolute Gasteiger partial charge is 0.466 e. The molecule has 2 atom stereocenters. The number of unbranched alkanes of at least 4 members (excludes halogenated alkanes) is 40. The van der Waals surface area contributed by atoms with Crippen molar-refractivity contribution in [3.8, 4) is 0 Å². The molecule has 1 amide bonds. The molecule has 0 aromatic carbocycles. The second kappa shape index (κ2) is 56.7. The van der Waals surface area contributed by atoms with Gasteiger partial charge in [-0.2, -0.15) is 0 Å². The number of allylic oxidation sites excluding steroid dienone is 5. The summed E-state index contributed by atoms with van der Waals surface area (Å²) in [5.74, 6) is -0.0889. The molecular formula is C61H115NO5. The Morgan fingerprint density at radius 3 is 1.15 bits per heavy atom. The van der Waals surface area contributed by atoms with Crippen molar-refractivity contribution in [1.82, 2.24) is 5.32 Å². The van der Waals surface area contributed by atoms with Crippen LogP contribution < -0.4 is 5.32 Å². The third-order valence-corrected chi connectivity index (χ3v) is 13.7. The van der Waals surface area contributed by atoms with E-state index in [0.29, 0.717) is 19.4 Å². The first-order valence-electron chi connectivity index (χ1n) is 29.8. The van der Waals surface area contributed by atoms with Gasteiger partial charge in [0.15, 0.2) is 0 Å². The lowest BCUT2D eigenvalue weighted by Crippen LogP contribution is -2.45. The van der Waals surface area contributed by atoms with Gasteiger partial charge >= 0.3 is 5.97 Å². The lowest BCUT2D eigenvalue weighted by molar-refractivity contribution is -0.143. The van der Waals surface area contributed by atoms with E-state index in [1.807, 2.05) is 6.08 Å². The van der Waals surface area contributed by atoms with Gasteiger partial charge in [-0.05, 0) is 64.2 Å². The van der Waals surface area contributed by atoms with Gasteiger partial charge in [-0.1, -0.05) is 275 Å². The van der Waals surface area contributed by atoms with E-state index >= 15 is 0 Å². The van der Waals surface area contributed by atoms with Crippen LogP contribution in [0.2, 0.25) is 0 Å². The lowest BCUT2D eigenvalue weighted by Gasteiger charge is -2.20. The minimum absolute atomic E-state index is 0.0137. The molecule has 394 valence electrons. The molecule has 6 heteroatoms. The molecule has 0 heterocycles. The number of amides is 1. The molecule has 0 aliphatic carbocycles. The molecule has 3 N–H and O–H groups in total. The van der Waals surface area contributed by atoms with Gasteiger partial charge in [-0.25, -0.2) is 0 Å². The number of ether oxygens (including phenoxy) is 1. The fraction of sp³-hybridized carbons (Fsp3) is 0.869. The Balaban J connectivity index is 3.47.